The minimum atomic E-state index is -5.45. The third kappa shape index (κ3) is 7.97. The molecule has 26 nitrogen and oxygen atoms in total. The van der Waals surface area contributed by atoms with Crippen LogP contribution in [0.1, 0.15) is 12.5 Å². The van der Waals surface area contributed by atoms with Crippen LogP contribution in [0.4, 0.5) is 11.6 Å². The lowest BCUT2D eigenvalue weighted by Gasteiger charge is -2.31. The molecule has 0 aromatic carbocycles. The van der Waals surface area contributed by atoms with E-state index in [-0.39, 0.29) is 39.9 Å². The first kappa shape index (κ1) is 37.7. The average molecular weight is 781 g/mol. The summed E-state index contributed by atoms with van der Waals surface area (Å²) in [6, 6.07) is 0. The van der Waals surface area contributed by atoms with Crippen molar-refractivity contribution >= 4 is 62.9 Å². The summed E-state index contributed by atoms with van der Waals surface area (Å²) in [5, 5.41) is 41.8. The van der Waals surface area contributed by atoms with Crippen LogP contribution in [0, 0.1) is 0 Å². The lowest BCUT2D eigenvalue weighted by molar-refractivity contribution is -0.230. The Morgan fingerprint density at radius 3 is 1.65 bits per heavy atom. The minimum Gasteiger partial charge on any atom is -0.806 e. The van der Waals surface area contributed by atoms with Crippen LogP contribution < -0.4 is 26.1 Å². The number of aromatic nitrogens is 8. The zero-order chi connectivity index (χ0) is 36.9. The molecule has 5 unspecified atom stereocenters. The van der Waals surface area contributed by atoms with Crippen LogP contribution in [0.15, 0.2) is 25.3 Å². The molecule has 0 amide bonds. The Bertz CT molecular complexity index is 2050. The summed E-state index contributed by atoms with van der Waals surface area (Å²) in [7, 11) is -15.8. The highest BCUT2D eigenvalue weighted by Crippen LogP contribution is 2.47. The van der Waals surface area contributed by atoms with E-state index in [1.54, 1.807) is 0 Å². The molecule has 0 radical (unpaired) electrons. The molecule has 4 aromatic rings. The van der Waals surface area contributed by atoms with E-state index < -0.39 is 91.6 Å². The van der Waals surface area contributed by atoms with Crippen LogP contribution in [-0.4, -0.2) is 127 Å². The molecule has 2 aliphatic heterocycles. The van der Waals surface area contributed by atoms with Crippen molar-refractivity contribution in [1.82, 2.24) is 39.0 Å². The zero-order valence-electron chi connectivity index (χ0n) is 25.4. The molecule has 0 aliphatic carbocycles. The molecule has 9 N–H and O–H groups in total. The third-order valence-corrected chi connectivity index (χ3v) is 10.6. The Hall–Kier alpha value is -3.10. The molecule has 280 valence electrons. The number of ether oxygens (including phenoxy) is 2. The van der Waals surface area contributed by atoms with Gasteiger partial charge in [0.2, 0.25) is 0 Å². The van der Waals surface area contributed by atoms with Crippen molar-refractivity contribution in [1.29, 1.82) is 0 Å². The smallest absolute Gasteiger partial charge is 0.272 e. The first-order valence-electron chi connectivity index (χ1n) is 14.3. The zero-order valence-corrected chi connectivity index (χ0v) is 28.1. The van der Waals surface area contributed by atoms with Crippen LogP contribution >= 0.6 is 23.0 Å². The Balaban J connectivity index is 0.991. The van der Waals surface area contributed by atoms with E-state index in [1.165, 1.54) is 21.8 Å². The number of phosphoric acid groups is 2. The van der Waals surface area contributed by atoms with E-state index in [1.807, 2.05) is 0 Å². The molecule has 6 heterocycles. The fourth-order valence-electron chi connectivity index (χ4n) is 5.02. The number of nitrogens with two attached hydrogens (primary N) is 2. The van der Waals surface area contributed by atoms with Crippen LogP contribution in [0.3, 0.4) is 0 Å². The van der Waals surface area contributed by atoms with Gasteiger partial charge in [-0.3, -0.25) is 22.8 Å². The number of fused-ring (bicyclic) bond motifs is 2. The number of hydrogen-bond acceptors (Lipinski definition) is 24. The molecule has 51 heavy (non-hydrogen) atoms. The van der Waals surface area contributed by atoms with Gasteiger partial charge in [-0.2, -0.15) is 0 Å². The van der Waals surface area contributed by atoms with Gasteiger partial charge < -0.3 is 74.5 Å². The van der Waals surface area contributed by atoms with Crippen molar-refractivity contribution in [2.75, 3.05) is 31.0 Å². The van der Waals surface area contributed by atoms with Gasteiger partial charge >= 0.3 is 0 Å². The van der Waals surface area contributed by atoms with Gasteiger partial charge in [0.05, 0.1) is 38.2 Å². The van der Waals surface area contributed by atoms with Crippen LogP contribution in [0.25, 0.3) is 22.3 Å². The molecule has 0 bridgehead atoms. The van der Waals surface area contributed by atoms with Gasteiger partial charge in [-0.1, -0.05) is 0 Å². The van der Waals surface area contributed by atoms with E-state index >= 15 is 0 Å². The topological polar surface area (TPSA) is 399 Å². The summed E-state index contributed by atoms with van der Waals surface area (Å²) >= 11 is 0. The summed E-state index contributed by atoms with van der Waals surface area (Å²) in [5.41, 5.74) is 12.1. The van der Waals surface area contributed by atoms with E-state index in [0.29, 0.717) is 0 Å². The molecule has 2 saturated heterocycles. The Morgan fingerprint density at radius 1 is 0.725 bits per heavy atom. The van der Waals surface area contributed by atoms with Crippen molar-refractivity contribution in [2.45, 2.75) is 49.1 Å². The molecule has 0 saturated carbocycles. The number of imidazole rings is 2. The molecule has 4 aromatic heterocycles. The fraction of sp³-hybridized carbons (Fsp3) is 0.500. The lowest BCUT2D eigenvalue weighted by atomic mass is 10.1. The predicted molar refractivity (Wildman–Crippen MR) is 161 cm³/mol. The van der Waals surface area contributed by atoms with Gasteiger partial charge in [0.1, 0.15) is 60.3 Å². The number of anilines is 2. The quantitative estimate of drug-likeness (QED) is 0.0624. The van der Waals surface area contributed by atoms with Gasteiger partial charge in [0.15, 0.2) is 35.4 Å². The van der Waals surface area contributed by atoms with E-state index in [0.717, 1.165) is 12.7 Å². The van der Waals surface area contributed by atoms with Crippen molar-refractivity contribution in [2.24, 2.45) is 0 Å². The molecule has 11 atom stereocenters. The van der Waals surface area contributed by atoms with E-state index in [9.17, 15) is 49.1 Å². The maximum atomic E-state index is 12.4. The average Bonchev–Trinajstić information content (AvgIpc) is 3.84. The monoisotopic (exact) mass is 781 g/mol. The molecular formula is C22H28N10O16P3-3. The third-order valence-electron chi connectivity index (χ3n) is 7.53. The van der Waals surface area contributed by atoms with Crippen molar-refractivity contribution < 1.29 is 76.7 Å². The van der Waals surface area contributed by atoms with Crippen molar-refractivity contribution in [3.8, 4) is 0 Å². The largest absolute Gasteiger partial charge is 0.806 e. The van der Waals surface area contributed by atoms with Crippen LogP contribution in [-0.2, 0) is 36.7 Å². The van der Waals surface area contributed by atoms with Crippen LogP contribution in [0.2, 0.25) is 0 Å². The van der Waals surface area contributed by atoms with Crippen molar-refractivity contribution in [3.05, 3.63) is 25.3 Å². The van der Waals surface area contributed by atoms with Gasteiger partial charge in [0, 0.05) is 0 Å². The number of hydrogen-bond donors (Lipinski definition) is 7. The number of phosphoric ester groups is 2. The second kappa shape index (κ2) is 14.4. The van der Waals surface area contributed by atoms with E-state index in [2.05, 4.69) is 48.0 Å². The lowest BCUT2D eigenvalue weighted by Crippen LogP contribution is -2.34. The Labute approximate surface area is 284 Å². The molecule has 0 spiro atoms. The first-order valence-corrected chi connectivity index (χ1v) is 19.1. The minimum absolute atomic E-state index is 0.0290. The normalized spacial score (nSPS) is 30.4. The summed E-state index contributed by atoms with van der Waals surface area (Å²) in [5.74, 6) is -0.0773. The SMILES string of the molecule is Nc1ncnc2c1ncn2C1O[C@H](COP(=O)([O-])OCP([O-])(O)=COP(=O)([O-])OCC2O[C@@H](n3cnc4c(N)ncnc43)[C@H](O)[C@@H]2O)[C@@H](O)[C@H]1O. The Kier molecular flexibility index (Phi) is 10.6. The maximum Gasteiger partial charge on any atom is 0.272 e. The predicted octanol–water partition coefficient (Wildman–Crippen LogP) is -5.01. The molecule has 2 aliphatic rings. The molecular weight excluding hydrogens is 753 g/mol. The molecule has 6 rings (SSSR count). The fourth-order valence-corrected chi connectivity index (χ4v) is 8.15. The number of aliphatic hydroxyl groups excluding tert-OH is 4. The van der Waals surface area contributed by atoms with Crippen molar-refractivity contribution in [3.63, 3.8) is 0 Å². The number of aliphatic hydroxyl groups is 4. The Morgan fingerprint density at radius 2 is 1.18 bits per heavy atom. The molecule has 2 fully saturated rings. The van der Waals surface area contributed by atoms with Gasteiger partial charge in [-0.05, 0) is 7.34 Å². The van der Waals surface area contributed by atoms with Gasteiger partial charge in [-0.25, -0.2) is 29.9 Å². The van der Waals surface area contributed by atoms with Gasteiger partial charge in [0.25, 0.3) is 15.6 Å². The highest BCUT2D eigenvalue weighted by atomic mass is 31.2. The summed E-state index contributed by atoms with van der Waals surface area (Å²) < 4.78 is 56.0. The maximum absolute atomic E-state index is 12.4. The highest BCUT2D eigenvalue weighted by molar-refractivity contribution is 7.63. The molecule has 29 heteroatoms. The van der Waals surface area contributed by atoms with Crippen LogP contribution in [0.5, 0.6) is 0 Å². The van der Waals surface area contributed by atoms with E-state index in [4.69, 9.17) is 20.9 Å². The number of nitrogen functional groups attached to an aromatic ring is 2. The summed E-state index contributed by atoms with van der Waals surface area (Å²) in [6.45, 7) is -1.87. The summed E-state index contributed by atoms with van der Waals surface area (Å²) in [4.78, 5) is 70.6. The standard InChI is InChI=1S/C22H30N10O16P3/c23-17-11-19(27-3-25-17)31(5-29-11)21-15(35)13(33)9(47-21)1-43-50(39,40)45-7-49(37,38)8-46-51(41,42)44-2-10-14(34)16(36)22(48-10)32-6-30-12-18(24)26-4-28-20(12)32/h3-7,9-10,13-16,21-22,33-36H,1-2,8H2,(H7-,23,24,25,26,27,28,37,38,39,40,41,42)/q-1/p-2/t9?,10-,13-,14-,15-,16-,21-,22?/m1/s1. The first-order chi connectivity index (χ1) is 24.0. The number of nitrogens with zero attached hydrogens (tertiary/aromatic N) is 8. The second-order valence-electron chi connectivity index (χ2n) is 11.0. The second-order valence-corrected chi connectivity index (χ2v) is 15.7. The van der Waals surface area contributed by atoms with Gasteiger partial charge in [-0.15, -0.1) is 0 Å². The number of rotatable bonds is 13. The highest BCUT2D eigenvalue weighted by Gasteiger charge is 2.46. The summed E-state index contributed by atoms with van der Waals surface area (Å²) in [6.07, 6.45) is -9.06.